The summed E-state index contributed by atoms with van der Waals surface area (Å²) in [5.74, 6) is -0.504. The Kier molecular flexibility index (Phi) is 5.46. The minimum Gasteiger partial charge on any atom is -0.478 e. The van der Waals surface area contributed by atoms with Gasteiger partial charge in [-0.2, -0.15) is 0 Å². The lowest BCUT2D eigenvalue weighted by atomic mass is 10.1. The van der Waals surface area contributed by atoms with Gasteiger partial charge in [-0.15, -0.1) is 11.3 Å². The molecule has 2 N–H and O–H groups in total. The first kappa shape index (κ1) is 17.4. The highest BCUT2D eigenvalue weighted by atomic mass is 32.1. The maximum absolute atomic E-state index is 12.1. The average Bonchev–Trinajstić information content (AvgIpc) is 3.14. The highest BCUT2D eigenvalue weighted by Crippen LogP contribution is 2.27. The lowest BCUT2D eigenvalue weighted by molar-refractivity contribution is -0.111. The van der Waals surface area contributed by atoms with E-state index in [4.69, 9.17) is 4.74 Å². The van der Waals surface area contributed by atoms with Gasteiger partial charge in [-0.3, -0.25) is 4.79 Å². The number of aromatic carboxylic acids is 1. The van der Waals surface area contributed by atoms with E-state index in [-0.39, 0.29) is 11.3 Å². The first-order valence-electron chi connectivity index (χ1n) is 7.74. The molecule has 6 heteroatoms. The van der Waals surface area contributed by atoms with Crippen LogP contribution in [0.25, 0.3) is 6.08 Å². The van der Waals surface area contributed by atoms with Crippen LogP contribution in [0.5, 0.6) is 11.5 Å². The molecule has 130 valence electrons. The zero-order chi connectivity index (χ0) is 18.4. The molecule has 0 fully saturated rings. The van der Waals surface area contributed by atoms with Crippen molar-refractivity contribution in [3.05, 3.63) is 82.6 Å². The normalized spacial score (nSPS) is 10.6. The monoisotopic (exact) mass is 365 g/mol. The fourth-order valence-electron chi connectivity index (χ4n) is 2.22. The number of carbonyl (C=O) groups excluding carboxylic acids is 1. The fraction of sp³-hybridized carbons (Fsp3) is 0. The number of anilines is 1. The van der Waals surface area contributed by atoms with Crippen molar-refractivity contribution in [3.8, 4) is 11.5 Å². The molecule has 3 aromatic rings. The van der Waals surface area contributed by atoms with Gasteiger partial charge in [-0.25, -0.2) is 4.79 Å². The lowest BCUT2D eigenvalue weighted by Crippen LogP contribution is -2.12. The van der Waals surface area contributed by atoms with E-state index in [1.807, 2.05) is 35.7 Å². The number of rotatable bonds is 6. The number of ether oxygens (including phenoxy) is 1. The molecule has 0 saturated heterocycles. The second kappa shape index (κ2) is 8.13. The summed E-state index contributed by atoms with van der Waals surface area (Å²) >= 11 is 1.50. The number of hydrogen-bond donors (Lipinski definition) is 2. The van der Waals surface area contributed by atoms with Gasteiger partial charge in [0.05, 0.1) is 11.3 Å². The minimum atomic E-state index is -1.13. The number of amides is 1. The lowest BCUT2D eigenvalue weighted by Gasteiger charge is -2.10. The molecule has 0 aliphatic carbocycles. The van der Waals surface area contributed by atoms with Gasteiger partial charge >= 0.3 is 5.97 Å². The van der Waals surface area contributed by atoms with Crippen LogP contribution in [-0.2, 0) is 4.79 Å². The van der Waals surface area contributed by atoms with Crippen LogP contribution in [0.1, 0.15) is 15.2 Å². The number of benzene rings is 2. The molecular weight excluding hydrogens is 350 g/mol. The first-order valence-corrected chi connectivity index (χ1v) is 8.62. The second-order valence-corrected chi connectivity index (χ2v) is 6.24. The molecule has 1 aromatic heterocycles. The molecule has 1 amide bonds. The summed E-state index contributed by atoms with van der Waals surface area (Å²) < 4.78 is 5.69. The van der Waals surface area contributed by atoms with Gasteiger partial charge in [0.25, 0.3) is 0 Å². The number of carboxylic acids is 1. The summed E-state index contributed by atoms with van der Waals surface area (Å²) in [6, 6.07) is 17.3. The van der Waals surface area contributed by atoms with Crippen LogP contribution >= 0.6 is 11.3 Å². The third-order valence-corrected chi connectivity index (χ3v) is 4.24. The van der Waals surface area contributed by atoms with Crippen LogP contribution in [0.2, 0.25) is 0 Å². The van der Waals surface area contributed by atoms with Gasteiger partial charge in [0.15, 0.2) is 0 Å². The Balaban J connectivity index is 1.80. The molecule has 5 nitrogen and oxygen atoms in total. The molecule has 0 aliphatic heterocycles. The van der Waals surface area contributed by atoms with E-state index >= 15 is 0 Å². The van der Waals surface area contributed by atoms with Gasteiger partial charge in [0.2, 0.25) is 5.91 Å². The zero-order valence-corrected chi connectivity index (χ0v) is 14.4. The van der Waals surface area contributed by atoms with E-state index in [9.17, 15) is 14.7 Å². The van der Waals surface area contributed by atoms with Crippen molar-refractivity contribution in [1.29, 1.82) is 0 Å². The summed E-state index contributed by atoms with van der Waals surface area (Å²) in [4.78, 5) is 24.5. The number of carboxylic acid groups (broad SMARTS) is 1. The predicted molar refractivity (Wildman–Crippen MR) is 102 cm³/mol. The summed E-state index contributed by atoms with van der Waals surface area (Å²) in [7, 11) is 0. The third kappa shape index (κ3) is 4.58. The fourth-order valence-corrected chi connectivity index (χ4v) is 2.84. The molecule has 0 atom stereocenters. The molecular formula is C20H15NO4S. The van der Waals surface area contributed by atoms with Crippen molar-refractivity contribution in [2.75, 3.05) is 5.32 Å². The van der Waals surface area contributed by atoms with Gasteiger partial charge < -0.3 is 15.2 Å². The molecule has 0 bridgehead atoms. The zero-order valence-electron chi connectivity index (χ0n) is 13.6. The molecule has 0 radical (unpaired) electrons. The van der Waals surface area contributed by atoms with Crippen LogP contribution < -0.4 is 10.1 Å². The van der Waals surface area contributed by atoms with Crippen LogP contribution in [0.15, 0.2) is 72.1 Å². The average molecular weight is 365 g/mol. The number of hydrogen-bond acceptors (Lipinski definition) is 4. The minimum absolute atomic E-state index is 0.0108. The SMILES string of the molecule is O=C(C=Cc1cccs1)Nc1cc(Oc2ccccc2)ccc1C(=O)O. The topological polar surface area (TPSA) is 75.6 Å². The second-order valence-electron chi connectivity index (χ2n) is 5.27. The van der Waals surface area contributed by atoms with Crippen LogP contribution in [0, 0.1) is 0 Å². The number of thiophene rings is 1. The summed E-state index contributed by atoms with van der Waals surface area (Å²) in [6.07, 6.45) is 3.03. The smallest absolute Gasteiger partial charge is 0.337 e. The highest BCUT2D eigenvalue weighted by molar-refractivity contribution is 7.10. The van der Waals surface area contributed by atoms with Crippen molar-refractivity contribution >= 4 is 35.0 Å². The Morgan fingerprint density at radius 3 is 2.50 bits per heavy atom. The standard InChI is InChI=1S/C20H15NO4S/c22-19(11-9-16-7-4-12-26-16)21-18-13-15(8-10-17(18)20(23)24)25-14-5-2-1-3-6-14/h1-13H,(H,21,22)(H,23,24). The van der Waals surface area contributed by atoms with Gasteiger partial charge in [-0.05, 0) is 41.8 Å². The maximum Gasteiger partial charge on any atom is 0.337 e. The Morgan fingerprint density at radius 2 is 1.81 bits per heavy atom. The summed E-state index contributed by atoms with van der Waals surface area (Å²) in [5, 5.41) is 13.8. The van der Waals surface area contributed by atoms with Crippen LogP contribution in [0.3, 0.4) is 0 Å². The van der Waals surface area contributed by atoms with Crippen molar-refractivity contribution in [3.63, 3.8) is 0 Å². The first-order chi connectivity index (χ1) is 12.6. The number of para-hydroxylation sites is 1. The quantitative estimate of drug-likeness (QED) is 0.610. The molecule has 0 saturated carbocycles. The van der Waals surface area contributed by atoms with Crippen molar-refractivity contribution < 1.29 is 19.4 Å². The van der Waals surface area contributed by atoms with Crippen LogP contribution in [-0.4, -0.2) is 17.0 Å². The third-order valence-electron chi connectivity index (χ3n) is 3.40. The summed E-state index contributed by atoms with van der Waals surface area (Å²) in [5.41, 5.74) is 0.162. The predicted octanol–water partition coefficient (Wildman–Crippen LogP) is 4.89. The van der Waals surface area contributed by atoms with E-state index in [1.165, 1.54) is 29.5 Å². The van der Waals surface area contributed by atoms with Gasteiger partial charge in [-0.1, -0.05) is 24.3 Å². The molecule has 0 spiro atoms. The van der Waals surface area contributed by atoms with Crippen molar-refractivity contribution in [1.82, 2.24) is 0 Å². The van der Waals surface area contributed by atoms with E-state index in [0.29, 0.717) is 11.5 Å². The van der Waals surface area contributed by atoms with E-state index in [0.717, 1.165) is 4.88 Å². The Bertz CT molecular complexity index is 934. The molecule has 0 unspecified atom stereocenters. The molecule has 2 aromatic carbocycles. The molecule has 1 heterocycles. The number of carbonyl (C=O) groups is 2. The van der Waals surface area contributed by atoms with Crippen molar-refractivity contribution in [2.45, 2.75) is 0 Å². The Labute approximate surface area is 154 Å². The Hall–Kier alpha value is -3.38. The maximum atomic E-state index is 12.1. The van der Waals surface area contributed by atoms with E-state index in [2.05, 4.69) is 5.32 Å². The van der Waals surface area contributed by atoms with E-state index < -0.39 is 11.9 Å². The van der Waals surface area contributed by atoms with Crippen LogP contribution in [0.4, 0.5) is 5.69 Å². The highest BCUT2D eigenvalue weighted by Gasteiger charge is 2.13. The summed E-state index contributed by atoms with van der Waals surface area (Å²) in [6.45, 7) is 0. The van der Waals surface area contributed by atoms with E-state index in [1.54, 1.807) is 24.3 Å². The number of nitrogens with one attached hydrogen (secondary N) is 1. The molecule has 0 aliphatic rings. The molecule has 26 heavy (non-hydrogen) atoms. The van der Waals surface area contributed by atoms with Gasteiger partial charge in [0, 0.05) is 17.0 Å². The van der Waals surface area contributed by atoms with Gasteiger partial charge in [0.1, 0.15) is 11.5 Å². The molecule has 3 rings (SSSR count). The van der Waals surface area contributed by atoms with Crippen molar-refractivity contribution in [2.24, 2.45) is 0 Å². The Morgan fingerprint density at radius 1 is 1.00 bits per heavy atom. The largest absolute Gasteiger partial charge is 0.478 e.